The lowest BCUT2D eigenvalue weighted by atomic mass is 10.1. The first-order valence-electron chi connectivity index (χ1n) is 7.69. The molecule has 0 unspecified atom stereocenters. The molecule has 0 radical (unpaired) electrons. The first-order valence-corrected chi connectivity index (χ1v) is 8.51. The van der Waals surface area contributed by atoms with Crippen molar-refractivity contribution in [2.45, 2.75) is 30.4 Å². The van der Waals surface area contributed by atoms with Gasteiger partial charge in [0, 0.05) is 22.6 Å². The molecule has 2 aromatic heterocycles. The van der Waals surface area contributed by atoms with Gasteiger partial charge in [-0.3, -0.25) is 4.40 Å². The third kappa shape index (κ3) is 3.28. The molecule has 0 bridgehead atoms. The quantitative estimate of drug-likeness (QED) is 0.538. The van der Waals surface area contributed by atoms with E-state index in [1.807, 2.05) is 6.20 Å². The molecular formula is C18H19F2N3OS. The lowest BCUT2D eigenvalue weighted by Gasteiger charge is -2.19. The Bertz CT molecular complexity index is 948. The van der Waals surface area contributed by atoms with Gasteiger partial charge in [-0.05, 0) is 12.1 Å². The summed E-state index contributed by atoms with van der Waals surface area (Å²) in [4.78, 5) is 5.21. The van der Waals surface area contributed by atoms with Gasteiger partial charge in [-0.1, -0.05) is 20.8 Å². The van der Waals surface area contributed by atoms with Crippen LogP contribution in [-0.4, -0.2) is 21.2 Å². The number of rotatable bonds is 3. The summed E-state index contributed by atoms with van der Waals surface area (Å²) < 4.78 is 35.1. The summed E-state index contributed by atoms with van der Waals surface area (Å²) in [6.07, 6.45) is 3.39. The standard InChI is InChI=1S/C18H19F2N3OS/c1-18(2,3)25-14-9-23-12(8-22-15(23)7-13(14)24-4)10-5-6-11(19)17(21)16(10)20/h5-9H,21H2,1-4H3. The number of aromatic nitrogens is 2. The van der Waals surface area contributed by atoms with Crippen LogP contribution in [0.5, 0.6) is 5.75 Å². The smallest absolute Gasteiger partial charge is 0.158 e. The lowest BCUT2D eigenvalue weighted by molar-refractivity contribution is 0.404. The molecule has 2 heterocycles. The number of imidazole rings is 1. The number of anilines is 1. The Morgan fingerprint density at radius 1 is 1.24 bits per heavy atom. The van der Waals surface area contributed by atoms with Crippen LogP contribution < -0.4 is 10.5 Å². The monoisotopic (exact) mass is 363 g/mol. The van der Waals surface area contributed by atoms with Crippen molar-refractivity contribution in [1.82, 2.24) is 9.38 Å². The van der Waals surface area contributed by atoms with Gasteiger partial charge >= 0.3 is 0 Å². The molecule has 0 aliphatic rings. The average Bonchev–Trinajstić information content (AvgIpc) is 2.93. The maximum absolute atomic E-state index is 14.4. The average molecular weight is 363 g/mol. The van der Waals surface area contributed by atoms with E-state index >= 15 is 0 Å². The van der Waals surface area contributed by atoms with Gasteiger partial charge in [0.15, 0.2) is 5.82 Å². The van der Waals surface area contributed by atoms with E-state index in [1.165, 1.54) is 12.3 Å². The largest absolute Gasteiger partial charge is 0.495 e. The van der Waals surface area contributed by atoms with E-state index < -0.39 is 17.3 Å². The summed E-state index contributed by atoms with van der Waals surface area (Å²) in [6, 6.07) is 4.31. The number of pyridine rings is 1. The number of hydrogen-bond acceptors (Lipinski definition) is 4. The first-order chi connectivity index (χ1) is 11.7. The molecule has 1 aromatic carbocycles. The summed E-state index contributed by atoms with van der Waals surface area (Å²) in [5.74, 6) is -0.868. The van der Waals surface area contributed by atoms with Crippen molar-refractivity contribution >= 4 is 23.1 Å². The highest BCUT2D eigenvalue weighted by Crippen LogP contribution is 2.39. The Morgan fingerprint density at radius 2 is 1.96 bits per heavy atom. The van der Waals surface area contributed by atoms with Gasteiger partial charge in [0.25, 0.3) is 0 Å². The molecule has 0 fully saturated rings. The van der Waals surface area contributed by atoms with Gasteiger partial charge in [0.1, 0.15) is 22.9 Å². The molecular weight excluding hydrogens is 344 g/mol. The van der Waals surface area contributed by atoms with E-state index in [4.69, 9.17) is 10.5 Å². The van der Waals surface area contributed by atoms with Crippen LogP contribution in [0.25, 0.3) is 16.9 Å². The van der Waals surface area contributed by atoms with Gasteiger partial charge in [0.2, 0.25) is 0 Å². The van der Waals surface area contributed by atoms with E-state index in [0.29, 0.717) is 17.1 Å². The van der Waals surface area contributed by atoms with Crippen molar-refractivity contribution in [2.75, 3.05) is 12.8 Å². The summed E-state index contributed by atoms with van der Waals surface area (Å²) >= 11 is 1.63. The second-order valence-corrected chi connectivity index (χ2v) is 8.48. The van der Waals surface area contributed by atoms with Gasteiger partial charge in [-0.2, -0.15) is 0 Å². The second-order valence-electron chi connectivity index (χ2n) is 6.61. The van der Waals surface area contributed by atoms with Crippen LogP contribution in [0, 0.1) is 11.6 Å². The minimum Gasteiger partial charge on any atom is -0.495 e. The van der Waals surface area contributed by atoms with Crippen LogP contribution in [0.2, 0.25) is 0 Å². The molecule has 0 spiro atoms. The molecule has 0 aliphatic carbocycles. The first kappa shape index (κ1) is 17.5. The fourth-order valence-corrected chi connectivity index (χ4v) is 3.58. The normalized spacial score (nSPS) is 11.9. The summed E-state index contributed by atoms with van der Waals surface area (Å²) in [5.41, 5.74) is 6.29. The minimum atomic E-state index is -0.789. The van der Waals surface area contributed by atoms with Crippen molar-refractivity contribution in [2.24, 2.45) is 0 Å². The Labute approximate surface area is 149 Å². The van der Waals surface area contributed by atoms with E-state index in [0.717, 1.165) is 11.0 Å². The predicted molar refractivity (Wildman–Crippen MR) is 97.1 cm³/mol. The summed E-state index contributed by atoms with van der Waals surface area (Å²) in [5, 5.41) is 0. The third-order valence-corrected chi connectivity index (χ3v) is 4.75. The highest BCUT2D eigenvalue weighted by molar-refractivity contribution is 8.00. The fourth-order valence-electron chi connectivity index (χ4n) is 2.52. The van der Waals surface area contributed by atoms with Gasteiger partial charge in [-0.25, -0.2) is 13.8 Å². The zero-order chi connectivity index (χ0) is 18.4. The number of nitrogen functional groups attached to an aromatic ring is 1. The molecule has 3 aromatic rings. The van der Waals surface area contributed by atoms with Gasteiger partial charge in [-0.15, -0.1) is 11.8 Å². The van der Waals surface area contributed by atoms with Crippen molar-refractivity contribution in [1.29, 1.82) is 0 Å². The Hall–Kier alpha value is -2.28. The summed E-state index contributed by atoms with van der Waals surface area (Å²) in [7, 11) is 1.60. The van der Waals surface area contributed by atoms with Crippen LogP contribution in [0.4, 0.5) is 14.5 Å². The van der Waals surface area contributed by atoms with Crippen LogP contribution >= 0.6 is 11.8 Å². The molecule has 132 valence electrons. The van der Waals surface area contributed by atoms with Crippen LogP contribution in [0.1, 0.15) is 20.8 Å². The molecule has 2 N–H and O–H groups in total. The van der Waals surface area contributed by atoms with Crippen LogP contribution in [0.3, 0.4) is 0 Å². The molecule has 4 nitrogen and oxygen atoms in total. The molecule has 0 saturated heterocycles. The van der Waals surface area contributed by atoms with E-state index in [9.17, 15) is 8.78 Å². The number of thioether (sulfide) groups is 1. The number of nitrogens with two attached hydrogens (primary N) is 1. The summed E-state index contributed by atoms with van der Waals surface area (Å²) in [6.45, 7) is 6.28. The molecule has 0 aliphatic heterocycles. The SMILES string of the molecule is COc1cc2ncc(-c3ccc(F)c(N)c3F)n2cc1SC(C)(C)C. The minimum absolute atomic E-state index is 0.0345. The van der Waals surface area contributed by atoms with Crippen molar-refractivity contribution < 1.29 is 13.5 Å². The Morgan fingerprint density at radius 3 is 2.60 bits per heavy atom. The molecule has 0 saturated carbocycles. The topological polar surface area (TPSA) is 52.5 Å². The molecule has 0 atom stereocenters. The molecule has 0 amide bonds. The zero-order valence-corrected chi connectivity index (χ0v) is 15.2. The van der Waals surface area contributed by atoms with E-state index in [2.05, 4.69) is 25.8 Å². The number of halogens is 2. The fraction of sp³-hybridized carbons (Fsp3) is 0.278. The second kappa shape index (κ2) is 6.22. The highest BCUT2D eigenvalue weighted by atomic mass is 32.2. The number of ether oxygens (including phenoxy) is 1. The van der Waals surface area contributed by atoms with E-state index in [-0.39, 0.29) is 10.3 Å². The third-order valence-electron chi connectivity index (χ3n) is 3.61. The molecule has 25 heavy (non-hydrogen) atoms. The van der Waals surface area contributed by atoms with Crippen LogP contribution in [0.15, 0.2) is 35.5 Å². The number of benzene rings is 1. The molecule has 3 rings (SSSR count). The Kier molecular flexibility index (Phi) is 4.36. The number of nitrogens with zero attached hydrogens (tertiary/aromatic N) is 2. The maximum atomic E-state index is 14.4. The number of fused-ring (bicyclic) bond motifs is 1. The maximum Gasteiger partial charge on any atom is 0.158 e. The van der Waals surface area contributed by atoms with Gasteiger partial charge in [0.05, 0.1) is 23.9 Å². The zero-order valence-electron chi connectivity index (χ0n) is 14.4. The number of hydrogen-bond donors (Lipinski definition) is 1. The van der Waals surface area contributed by atoms with Gasteiger partial charge < -0.3 is 10.5 Å². The predicted octanol–water partition coefficient (Wildman–Crippen LogP) is 4.76. The van der Waals surface area contributed by atoms with Crippen molar-refractivity contribution in [3.8, 4) is 17.0 Å². The lowest BCUT2D eigenvalue weighted by Crippen LogP contribution is -2.08. The van der Waals surface area contributed by atoms with Crippen molar-refractivity contribution in [3.05, 3.63) is 42.2 Å². The van der Waals surface area contributed by atoms with Crippen LogP contribution in [-0.2, 0) is 0 Å². The number of methoxy groups -OCH3 is 1. The Balaban J connectivity index is 2.21. The van der Waals surface area contributed by atoms with Crippen molar-refractivity contribution in [3.63, 3.8) is 0 Å². The molecule has 7 heteroatoms. The van der Waals surface area contributed by atoms with E-state index in [1.54, 1.807) is 29.3 Å². The highest BCUT2D eigenvalue weighted by Gasteiger charge is 2.20.